The van der Waals surface area contributed by atoms with E-state index in [9.17, 15) is 0 Å². The van der Waals surface area contributed by atoms with Gasteiger partial charge < -0.3 is 5.32 Å². The first-order valence-corrected chi connectivity index (χ1v) is 6.82. The lowest BCUT2D eigenvalue weighted by Gasteiger charge is -2.06. The second kappa shape index (κ2) is 5.62. The fraction of sp³-hybridized carbons (Fsp3) is 0.154. The summed E-state index contributed by atoms with van der Waals surface area (Å²) in [6.45, 7) is 1.51. The minimum absolute atomic E-state index is 0.743. The number of thiazole rings is 1. The predicted molar refractivity (Wildman–Crippen MR) is 75.0 cm³/mol. The lowest BCUT2D eigenvalue weighted by molar-refractivity contribution is 0.685. The summed E-state index contributed by atoms with van der Waals surface area (Å²) in [4.78, 5) is 8.16. The predicted octanol–water partition coefficient (Wildman–Crippen LogP) is 2.39. The molecular weight excluding hydrogens is 258 g/mol. The Bertz CT molecular complexity index is 601. The van der Waals surface area contributed by atoms with Gasteiger partial charge in [0.2, 0.25) is 0 Å². The van der Waals surface area contributed by atoms with Gasteiger partial charge in [0.1, 0.15) is 17.7 Å². The molecular formula is C13H13N5S. The number of hydrogen-bond acceptors (Lipinski definition) is 5. The Morgan fingerprint density at radius 2 is 2.11 bits per heavy atom. The molecule has 0 fully saturated rings. The highest BCUT2D eigenvalue weighted by molar-refractivity contribution is 7.09. The molecule has 6 heteroatoms. The third-order valence-corrected chi connectivity index (χ3v) is 3.47. The van der Waals surface area contributed by atoms with Crippen LogP contribution in [0.5, 0.6) is 0 Å². The zero-order chi connectivity index (χ0) is 12.9. The Labute approximate surface area is 115 Å². The van der Waals surface area contributed by atoms with Gasteiger partial charge in [-0.15, -0.1) is 11.3 Å². The topological polar surface area (TPSA) is 55.6 Å². The summed E-state index contributed by atoms with van der Waals surface area (Å²) in [5.41, 5.74) is 2.29. The highest BCUT2D eigenvalue weighted by atomic mass is 32.1. The molecule has 0 bridgehead atoms. The number of anilines is 1. The van der Waals surface area contributed by atoms with Gasteiger partial charge in [0, 0.05) is 17.3 Å². The van der Waals surface area contributed by atoms with Crippen LogP contribution in [0.4, 0.5) is 5.69 Å². The van der Waals surface area contributed by atoms with E-state index in [0.29, 0.717) is 0 Å². The van der Waals surface area contributed by atoms with Crippen LogP contribution in [0.1, 0.15) is 10.6 Å². The van der Waals surface area contributed by atoms with Crippen molar-refractivity contribution in [2.45, 2.75) is 13.1 Å². The van der Waals surface area contributed by atoms with Crippen molar-refractivity contribution in [3.63, 3.8) is 0 Å². The molecule has 0 saturated carbocycles. The van der Waals surface area contributed by atoms with Crippen molar-refractivity contribution in [3.8, 4) is 0 Å². The van der Waals surface area contributed by atoms with Gasteiger partial charge in [-0.25, -0.2) is 14.6 Å². The number of rotatable bonds is 5. The number of aromatic nitrogens is 4. The van der Waals surface area contributed by atoms with E-state index >= 15 is 0 Å². The van der Waals surface area contributed by atoms with Gasteiger partial charge in [-0.2, -0.15) is 5.10 Å². The second-order valence-corrected chi connectivity index (χ2v) is 5.05. The van der Waals surface area contributed by atoms with Gasteiger partial charge in [-0.1, -0.05) is 12.1 Å². The van der Waals surface area contributed by atoms with Crippen LogP contribution in [-0.2, 0) is 13.1 Å². The maximum Gasteiger partial charge on any atom is 0.137 e. The van der Waals surface area contributed by atoms with Crippen molar-refractivity contribution in [1.29, 1.82) is 0 Å². The Balaban J connectivity index is 1.59. The smallest absolute Gasteiger partial charge is 0.137 e. The third kappa shape index (κ3) is 3.17. The molecule has 0 spiro atoms. The van der Waals surface area contributed by atoms with Crippen LogP contribution in [0.3, 0.4) is 0 Å². The molecule has 0 aliphatic heterocycles. The lowest BCUT2D eigenvalue weighted by atomic mass is 10.2. The van der Waals surface area contributed by atoms with E-state index in [1.165, 1.54) is 5.56 Å². The molecule has 1 aromatic carbocycles. The van der Waals surface area contributed by atoms with Crippen LogP contribution in [0, 0.1) is 0 Å². The molecule has 0 amide bonds. The van der Waals surface area contributed by atoms with Gasteiger partial charge in [-0.05, 0) is 17.7 Å². The van der Waals surface area contributed by atoms with E-state index in [2.05, 4.69) is 44.6 Å². The minimum Gasteiger partial charge on any atom is -0.379 e. The van der Waals surface area contributed by atoms with E-state index in [1.54, 1.807) is 28.7 Å². The Hall–Kier alpha value is -2.21. The SMILES string of the molecule is c1csc(CNc2ccc(Cn3cncn3)cc2)n1. The highest BCUT2D eigenvalue weighted by Gasteiger charge is 1.98. The van der Waals surface area contributed by atoms with Gasteiger partial charge in [0.25, 0.3) is 0 Å². The van der Waals surface area contributed by atoms with Crippen LogP contribution in [0.15, 0.2) is 48.5 Å². The first kappa shape index (κ1) is 11.9. The maximum atomic E-state index is 4.24. The molecule has 0 radical (unpaired) electrons. The molecule has 2 heterocycles. The zero-order valence-electron chi connectivity index (χ0n) is 10.2. The highest BCUT2D eigenvalue weighted by Crippen LogP contribution is 2.12. The van der Waals surface area contributed by atoms with Crippen molar-refractivity contribution in [3.05, 3.63) is 59.1 Å². The Morgan fingerprint density at radius 3 is 2.79 bits per heavy atom. The van der Waals surface area contributed by atoms with Gasteiger partial charge in [-0.3, -0.25) is 0 Å². The Kier molecular flexibility index (Phi) is 3.51. The van der Waals surface area contributed by atoms with Crippen molar-refractivity contribution in [2.24, 2.45) is 0 Å². The quantitative estimate of drug-likeness (QED) is 0.774. The average Bonchev–Trinajstić information content (AvgIpc) is 3.11. The van der Waals surface area contributed by atoms with Crippen molar-refractivity contribution in [2.75, 3.05) is 5.32 Å². The van der Waals surface area contributed by atoms with E-state index in [4.69, 9.17) is 0 Å². The number of hydrogen-bond donors (Lipinski definition) is 1. The molecule has 2 aromatic heterocycles. The van der Waals surface area contributed by atoms with Crippen LogP contribution >= 0.6 is 11.3 Å². The maximum absolute atomic E-state index is 4.24. The first-order valence-electron chi connectivity index (χ1n) is 5.94. The van der Waals surface area contributed by atoms with Gasteiger partial charge >= 0.3 is 0 Å². The molecule has 0 saturated heterocycles. The fourth-order valence-corrected chi connectivity index (χ4v) is 2.30. The standard InChI is InChI=1S/C13H13N5S/c1-3-12(16-7-13-15-5-6-19-13)4-2-11(1)8-18-10-14-9-17-18/h1-6,9-10,16H,7-8H2. The third-order valence-electron chi connectivity index (χ3n) is 2.69. The molecule has 0 atom stereocenters. The monoisotopic (exact) mass is 271 g/mol. The fourth-order valence-electron chi connectivity index (χ4n) is 1.75. The van der Waals surface area contributed by atoms with Crippen LogP contribution in [0.2, 0.25) is 0 Å². The van der Waals surface area contributed by atoms with E-state index < -0.39 is 0 Å². The summed E-state index contributed by atoms with van der Waals surface area (Å²) in [5, 5.41) is 10.5. The zero-order valence-corrected chi connectivity index (χ0v) is 11.0. The largest absolute Gasteiger partial charge is 0.379 e. The van der Waals surface area contributed by atoms with E-state index in [-0.39, 0.29) is 0 Å². The van der Waals surface area contributed by atoms with Crippen molar-refractivity contribution in [1.82, 2.24) is 19.7 Å². The summed E-state index contributed by atoms with van der Waals surface area (Å²) in [5.74, 6) is 0. The van der Waals surface area contributed by atoms with Crippen LogP contribution < -0.4 is 5.32 Å². The molecule has 0 aliphatic carbocycles. The normalized spacial score (nSPS) is 10.5. The lowest BCUT2D eigenvalue weighted by Crippen LogP contribution is -2.01. The molecule has 96 valence electrons. The second-order valence-electron chi connectivity index (χ2n) is 4.07. The van der Waals surface area contributed by atoms with Crippen LogP contribution in [0.25, 0.3) is 0 Å². The Morgan fingerprint density at radius 1 is 1.21 bits per heavy atom. The van der Waals surface area contributed by atoms with Gasteiger partial charge in [0.15, 0.2) is 0 Å². The van der Waals surface area contributed by atoms with Crippen LogP contribution in [-0.4, -0.2) is 19.7 Å². The van der Waals surface area contributed by atoms with Crippen molar-refractivity contribution < 1.29 is 0 Å². The minimum atomic E-state index is 0.743. The first-order chi connectivity index (χ1) is 9.40. The summed E-state index contributed by atoms with van der Waals surface area (Å²) in [6.07, 6.45) is 5.08. The number of nitrogens with zero attached hydrogens (tertiary/aromatic N) is 4. The van der Waals surface area contributed by atoms with E-state index in [0.717, 1.165) is 23.8 Å². The summed E-state index contributed by atoms with van der Waals surface area (Å²) < 4.78 is 1.80. The molecule has 0 aliphatic rings. The molecule has 5 nitrogen and oxygen atoms in total. The summed E-state index contributed by atoms with van der Waals surface area (Å²) in [7, 11) is 0. The molecule has 1 N–H and O–H groups in total. The molecule has 0 unspecified atom stereocenters. The van der Waals surface area contributed by atoms with Gasteiger partial charge in [0.05, 0.1) is 13.1 Å². The number of nitrogens with one attached hydrogen (secondary N) is 1. The molecule has 3 rings (SSSR count). The summed E-state index contributed by atoms with van der Waals surface area (Å²) in [6, 6.07) is 8.32. The van der Waals surface area contributed by atoms with E-state index in [1.807, 2.05) is 11.6 Å². The van der Waals surface area contributed by atoms with Crippen molar-refractivity contribution >= 4 is 17.0 Å². The molecule has 19 heavy (non-hydrogen) atoms. The summed E-state index contributed by atoms with van der Waals surface area (Å²) >= 11 is 1.66. The molecule has 3 aromatic rings. The number of benzene rings is 1. The average molecular weight is 271 g/mol.